The van der Waals surface area contributed by atoms with Crippen LogP contribution in [0.25, 0.3) is 0 Å². The molecule has 1 aliphatic heterocycles. The second-order valence-corrected chi connectivity index (χ2v) is 1.88. The zero-order valence-electron chi connectivity index (χ0n) is 5.02. The van der Waals surface area contributed by atoms with Crippen LogP contribution in [0.15, 0.2) is 0 Å². The molecule has 3 N–H and O–H groups in total. The van der Waals surface area contributed by atoms with E-state index < -0.39 is 11.9 Å². The summed E-state index contributed by atoms with van der Waals surface area (Å²) in [5.41, 5.74) is 0. The SMILES string of the molecule is O=C1N(O)CCOC1(O)O. The van der Waals surface area contributed by atoms with Gasteiger partial charge in [-0.2, -0.15) is 0 Å². The Balaban J connectivity index is 2.70. The number of aliphatic hydroxyl groups is 2. The molecule has 0 aromatic heterocycles. The molecule has 0 aromatic rings. The molecule has 1 fully saturated rings. The van der Waals surface area contributed by atoms with E-state index in [1.165, 1.54) is 0 Å². The molecule has 0 aromatic carbocycles. The number of amides is 1. The van der Waals surface area contributed by atoms with E-state index in [-0.39, 0.29) is 18.2 Å². The molecule has 0 bridgehead atoms. The van der Waals surface area contributed by atoms with Crippen LogP contribution in [0.5, 0.6) is 0 Å². The van der Waals surface area contributed by atoms with Crippen molar-refractivity contribution in [1.82, 2.24) is 5.06 Å². The van der Waals surface area contributed by atoms with Gasteiger partial charge in [-0.25, -0.2) is 5.06 Å². The van der Waals surface area contributed by atoms with Crippen LogP contribution in [-0.2, 0) is 9.53 Å². The number of ether oxygens (including phenoxy) is 1. The number of nitrogens with zero attached hydrogens (tertiary/aromatic N) is 1. The monoisotopic (exact) mass is 149 g/mol. The maximum atomic E-state index is 10.5. The Labute approximate surface area is 56.2 Å². The van der Waals surface area contributed by atoms with Gasteiger partial charge in [-0.3, -0.25) is 10.0 Å². The number of morpholine rings is 1. The van der Waals surface area contributed by atoms with Crippen LogP contribution in [0.1, 0.15) is 0 Å². The van der Waals surface area contributed by atoms with Gasteiger partial charge >= 0.3 is 11.9 Å². The smallest absolute Gasteiger partial charge is 0.336 e. The van der Waals surface area contributed by atoms with E-state index in [9.17, 15) is 4.79 Å². The predicted octanol–water partition coefficient (Wildman–Crippen LogP) is -2.13. The Hall–Kier alpha value is -0.690. The fourth-order valence-electron chi connectivity index (χ4n) is 0.606. The van der Waals surface area contributed by atoms with Gasteiger partial charge in [0.25, 0.3) is 0 Å². The van der Waals surface area contributed by atoms with Crippen LogP contribution in [0.2, 0.25) is 0 Å². The number of carbonyl (C=O) groups is 1. The number of carbonyl (C=O) groups excluding carboxylic acids is 1. The number of hydroxylamine groups is 2. The van der Waals surface area contributed by atoms with Crippen molar-refractivity contribution in [3.8, 4) is 0 Å². The molecule has 0 saturated carbocycles. The van der Waals surface area contributed by atoms with Gasteiger partial charge in [-0.15, -0.1) is 0 Å². The quantitative estimate of drug-likeness (QED) is 0.270. The van der Waals surface area contributed by atoms with E-state index in [0.29, 0.717) is 0 Å². The van der Waals surface area contributed by atoms with Crippen molar-refractivity contribution < 1.29 is 25.0 Å². The van der Waals surface area contributed by atoms with Gasteiger partial charge in [0, 0.05) is 0 Å². The zero-order valence-corrected chi connectivity index (χ0v) is 5.02. The molecular formula is C4H7NO5. The summed E-state index contributed by atoms with van der Waals surface area (Å²) in [5, 5.41) is 26.0. The van der Waals surface area contributed by atoms with Crippen molar-refractivity contribution in [2.24, 2.45) is 0 Å². The van der Waals surface area contributed by atoms with Crippen LogP contribution >= 0.6 is 0 Å². The number of hydrogen-bond donors (Lipinski definition) is 3. The molecule has 1 amide bonds. The molecule has 0 radical (unpaired) electrons. The molecular weight excluding hydrogens is 142 g/mol. The van der Waals surface area contributed by atoms with E-state index >= 15 is 0 Å². The fourth-order valence-corrected chi connectivity index (χ4v) is 0.606. The fraction of sp³-hybridized carbons (Fsp3) is 0.750. The zero-order chi connectivity index (χ0) is 7.78. The van der Waals surface area contributed by atoms with Crippen molar-refractivity contribution in [2.45, 2.75) is 5.97 Å². The molecule has 1 saturated heterocycles. The second-order valence-electron chi connectivity index (χ2n) is 1.88. The number of hydrogen-bond acceptors (Lipinski definition) is 5. The van der Waals surface area contributed by atoms with Gasteiger partial charge in [-0.1, -0.05) is 0 Å². The summed E-state index contributed by atoms with van der Waals surface area (Å²) in [7, 11) is 0. The van der Waals surface area contributed by atoms with E-state index in [4.69, 9.17) is 15.4 Å². The van der Waals surface area contributed by atoms with Gasteiger partial charge < -0.3 is 14.9 Å². The summed E-state index contributed by atoms with van der Waals surface area (Å²) < 4.78 is 4.21. The first kappa shape index (κ1) is 7.42. The third kappa shape index (κ3) is 1.09. The largest absolute Gasteiger partial charge is 0.365 e. The minimum atomic E-state index is -2.85. The highest BCUT2D eigenvalue weighted by molar-refractivity contribution is 5.81. The minimum Gasteiger partial charge on any atom is -0.336 e. The summed E-state index contributed by atoms with van der Waals surface area (Å²) in [6, 6.07) is 0. The van der Waals surface area contributed by atoms with E-state index in [1.807, 2.05) is 0 Å². The number of rotatable bonds is 0. The lowest BCUT2D eigenvalue weighted by atomic mass is 10.4. The molecule has 58 valence electrons. The first-order valence-electron chi connectivity index (χ1n) is 2.63. The van der Waals surface area contributed by atoms with Crippen LogP contribution in [0.4, 0.5) is 0 Å². The van der Waals surface area contributed by atoms with Crippen molar-refractivity contribution in [3.63, 3.8) is 0 Å². The molecule has 0 unspecified atom stereocenters. The van der Waals surface area contributed by atoms with E-state index in [0.717, 1.165) is 0 Å². The lowest BCUT2D eigenvalue weighted by Crippen LogP contribution is -2.55. The molecule has 0 spiro atoms. The third-order valence-electron chi connectivity index (χ3n) is 1.12. The van der Waals surface area contributed by atoms with Crippen molar-refractivity contribution in [2.75, 3.05) is 13.2 Å². The summed E-state index contributed by atoms with van der Waals surface area (Å²) >= 11 is 0. The Bertz CT molecular complexity index is 156. The van der Waals surface area contributed by atoms with E-state index in [1.54, 1.807) is 0 Å². The highest BCUT2D eigenvalue weighted by Gasteiger charge is 2.42. The van der Waals surface area contributed by atoms with Gasteiger partial charge in [0.1, 0.15) is 0 Å². The molecule has 10 heavy (non-hydrogen) atoms. The Morgan fingerprint density at radius 2 is 2.20 bits per heavy atom. The average molecular weight is 149 g/mol. The first-order chi connectivity index (χ1) is 4.54. The maximum Gasteiger partial charge on any atom is 0.365 e. The predicted molar refractivity (Wildman–Crippen MR) is 26.6 cm³/mol. The molecule has 0 atom stereocenters. The van der Waals surface area contributed by atoms with Gasteiger partial charge in [0.2, 0.25) is 0 Å². The molecule has 1 heterocycles. The standard InChI is InChI=1S/C4H7NO5/c6-3-4(7,8)10-2-1-5(3)9/h7-9H,1-2H2. The summed E-state index contributed by atoms with van der Waals surface area (Å²) in [5.74, 6) is -4.12. The lowest BCUT2D eigenvalue weighted by molar-refractivity contribution is -0.347. The molecule has 1 aliphatic rings. The average Bonchev–Trinajstić information content (AvgIpc) is 1.83. The highest BCUT2D eigenvalue weighted by atomic mass is 16.8. The molecule has 6 heteroatoms. The van der Waals surface area contributed by atoms with Crippen molar-refractivity contribution in [1.29, 1.82) is 0 Å². The lowest BCUT2D eigenvalue weighted by Gasteiger charge is -2.29. The Kier molecular flexibility index (Phi) is 1.61. The van der Waals surface area contributed by atoms with Gasteiger partial charge in [0.05, 0.1) is 13.2 Å². The van der Waals surface area contributed by atoms with Crippen LogP contribution < -0.4 is 0 Å². The molecule has 6 nitrogen and oxygen atoms in total. The van der Waals surface area contributed by atoms with Crippen LogP contribution in [0, 0.1) is 0 Å². The normalized spacial score (nSPS) is 25.1. The van der Waals surface area contributed by atoms with Crippen LogP contribution in [0.3, 0.4) is 0 Å². The molecule has 1 rings (SSSR count). The second kappa shape index (κ2) is 2.17. The Morgan fingerprint density at radius 3 is 2.60 bits per heavy atom. The highest BCUT2D eigenvalue weighted by Crippen LogP contribution is 2.10. The molecule has 0 aliphatic carbocycles. The minimum absolute atomic E-state index is 0.0539. The van der Waals surface area contributed by atoms with E-state index in [2.05, 4.69) is 4.74 Å². The first-order valence-corrected chi connectivity index (χ1v) is 2.63. The maximum absolute atomic E-state index is 10.5. The van der Waals surface area contributed by atoms with Crippen molar-refractivity contribution in [3.05, 3.63) is 0 Å². The third-order valence-corrected chi connectivity index (χ3v) is 1.12. The van der Waals surface area contributed by atoms with Gasteiger partial charge in [0.15, 0.2) is 0 Å². The summed E-state index contributed by atoms with van der Waals surface area (Å²) in [6.45, 7) is -0.156. The topological polar surface area (TPSA) is 90.2 Å². The van der Waals surface area contributed by atoms with Crippen LogP contribution in [-0.4, -0.2) is 45.5 Å². The van der Waals surface area contributed by atoms with Gasteiger partial charge in [-0.05, 0) is 0 Å². The Morgan fingerprint density at radius 1 is 1.60 bits per heavy atom. The summed E-state index contributed by atoms with van der Waals surface area (Å²) in [4.78, 5) is 10.5. The van der Waals surface area contributed by atoms with Crippen molar-refractivity contribution >= 4 is 5.91 Å². The summed E-state index contributed by atoms with van der Waals surface area (Å²) in [6.07, 6.45) is 0.